The number of fused-ring (bicyclic) bond motifs is 1. The molecule has 0 aliphatic carbocycles. The van der Waals surface area contributed by atoms with E-state index in [9.17, 15) is 4.79 Å². The van der Waals surface area contributed by atoms with E-state index >= 15 is 0 Å². The van der Waals surface area contributed by atoms with Crippen LogP contribution < -0.4 is 5.73 Å². The highest BCUT2D eigenvalue weighted by Crippen LogP contribution is 2.43. The summed E-state index contributed by atoms with van der Waals surface area (Å²) in [6.07, 6.45) is 3.66. The number of aliphatic imine (C=N–C) groups is 1. The number of hydrogen-bond donors (Lipinski definition) is 1. The number of rotatable bonds is 3. The fourth-order valence-electron chi connectivity index (χ4n) is 5.22. The van der Waals surface area contributed by atoms with Gasteiger partial charge in [0.2, 0.25) is 5.91 Å². The minimum Gasteiger partial charge on any atom is -0.378 e. The molecule has 1 saturated heterocycles. The molecule has 3 heterocycles. The van der Waals surface area contributed by atoms with Crippen molar-refractivity contribution in [2.75, 3.05) is 6.61 Å². The second-order valence-corrected chi connectivity index (χ2v) is 9.60. The van der Waals surface area contributed by atoms with Gasteiger partial charge in [0.05, 0.1) is 34.8 Å². The lowest BCUT2D eigenvalue weighted by molar-refractivity contribution is -0.133. The van der Waals surface area contributed by atoms with Gasteiger partial charge in [0, 0.05) is 36.2 Å². The number of halogens is 1. The molecular formula is C25H28ClN5O2. The van der Waals surface area contributed by atoms with Gasteiger partial charge in [0.15, 0.2) is 5.96 Å². The SMILES string of the molecule is C[C@H]1C[C@@H](N2C(=O)C[C@@](C)(c3cccc(-c4cccc5cnn(C)c45)c3Cl)N=C2N)CCO1. The molecule has 172 valence electrons. The molecule has 0 bridgehead atoms. The van der Waals surface area contributed by atoms with Crippen LogP contribution in [0.5, 0.6) is 0 Å². The van der Waals surface area contributed by atoms with Crippen molar-refractivity contribution in [3.8, 4) is 11.1 Å². The van der Waals surface area contributed by atoms with Gasteiger partial charge in [-0.2, -0.15) is 5.10 Å². The second-order valence-electron chi connectivity index (χ2n) is 9.22. The third kappa shape index (κ3) is 3.69. The molecule has 0 spiro atoms. The Morgan fingerprint density at radius 3 is 2.73 bits per heavy atom. The van der Waals surface area contributed by atoms with Crippen molar-refractivity contribution in [1.82, 2.24) is 14.7 Å². The standard InChI is InChI=1S/C25H28ClN5O2/c1-15-12-17(10-11-33-15)31-21(32)13-25(2,29-24(31)27)20-9-5-7-18(22(20)26)19-8-4-6-16-14-28-30(3)23(16)19/h4-9,14-15,17H,10-13H2,1-3H3,(H2,27,29)/t15-,17-,25-/m0/s1. The summed E-state index contributed by atoms with van der Waals surface area (Å²) in [7, 11) is 1.92. The van der Waals surface area contributed by atoms with Crippen LogP contribution in [0.3, 0.4) is 0 Å². The van der Waals surface area contributed by atoms with Crippen molar-refractivity contribution < 1.29 is 9.53 Å². The number of hydrogen-bond acceptors (Lipinski definition) is 5. The monoisotopic (exact) mass is 465 g/mol. The molecule has 1 aromatic heterocycles. The number of amides is 1. The van der Waals surface area contributed by atoms with Crippen LogP contribution in [0.4, 0.5) is 0 Å². The number of carbonyl (C=O) groups is 1. The number of para-hydroxylation sites is 1. The maximum absolute atomic E-state index is 13.3. The van der Waals surface area contributed by atoms with Crippen LogP contribution in [0.15, 0.2) is 47.6 Å². The topological polar surface area (TPSA) is 85.7 Å². The van der Waals surface area contributed by atoms with Crippen molar-refractivity contribution in [2.24, 2.45) is 17.8 Å². The van der Waals surface area contributed by atoms with Gasteiger partial charge < -0.3 is 10.5 Å². The van der Waals surface area contributed by atoms with Crippen LogP contribution in [-0.2, 0) is 22.1 Å². The molecule has 2 aliphatic heterocycles. The highest BCUT2D eigenvalue weighted by molar-refractivity contribution is 6.34. The fourth-order valence-corrected chi connectivity index (χ4v) is 5.65. The molecule has 0 unspecified atom stereocenters. The first-order valence-electron chi connectivity index (χ1n) is 11.3. The summed E-state index contributed by atoms with van der Waals surface area (Å²) in [5, 5.41) is 6.01. The molecule has 2 N–H and O–H groups in total. The number of aryl methyl sites for hydroxylation is 1. The first kappa shape index (κ1) is 21.9. The van der Waals surface area contributed by atoms with Crippen molar-refractivity contribution in [2.45, 2.75) is 50.8 Å². The summed E-state index contributed by atoms with van der Waals surface area (Å²) < 4.78 is 7.49. The zero-order valence-corrected chi connectivity index (χ0v) is 19.8. The van der Waals surface area contributed by atoms with Gasteiger partial charge in [-0.05, 0) is 32.3 Å². The molecule has 0 saturated carbocycles. The summed E-state index contributed by atoms with van der Waals surface area (Å²) in [5.41, 5.74) is 9.21. The van der Waals surface area contributed by atoms with Crippen molar-refractivity contribution in [3.63, 3.8) is 0 Å². The zero-order chi connectivity index (χ0) is 23.3. The van der Waals surface area contributed by atoms with Gasteiger partial charge in [0.25, 0.3) is 0 Å². The maximum Gasteiger partial charge on any atom is 0.232 e. The van der Waals surface area contributed by atoms with E-state index in [-0.39, 0.29) is 30.4 Å². The Bertz CT molecular complexity index is 1270. The lowest BCUT2D eigenvalue weighted by Gasteiger charge is -2.41. The van der Waals surface area contributed by atoms with Crippen molar-refractivity contribution in [1.29, 1.82) is 0 Å². The maximum atomic E-state index is 13.3. The number of aromatic nitrogens is 2. The summed E-state index contributed by atoms with van der Waals surface area (Å²) in [5.74, 6) is 0.224. The largest absolute Gasteiger partial charge is 0.378 e. The third-order valence-corrected chi connectivity index (χ3v) is 7.23. The molecular weight excluding hydrogens is 438 g/mol. The summed E-state index contributed by atoms with van der Waals surface area (Å²) in [6, 6.07) is 12.0. The molecule has 8 heteroatoms. The van der Waals surface area contributed by atoms with Gasteiger partial charge in [-0.15, -0.1) is 0 Å². The van der Waals surface area contributed by atoms with E-state index in [1.165, 1.54) is 0 Å². The van der Waals surface area contributed by atoms with Crippen LogP contribution in [0.1, 0.15) is 38.7 Å². The van der Waals surface area contributed by atoms with E-state index in [0.29, 0.717) is 11.6 Å². The van der Waals surface area contributed by atoms with Crippen LogP contribution in [0, 0.1) is 0 Å². The van der Waals surface area contributed by atoms with Gasteiger partial charge in [-0.25, -0.2) is 4.99 Å². The van der Waals surface area contributed by atoms with Gasteiger partial charge in [-0.1, -0.05) is 48.0 Å². The Labute approximate surface area is 198 Å². The average Bonchev–Trinajstić information content (AvgIpc) is 3.14. The Kier molecular flexibility index (Phi) is 5.41. The minimum atomic E-state index is -0.845. The predicted octanol–water partition coefficient (Wildman–Crippen LogP) is 4.22. The highest BCUT2D eigenvalue weighted by atomic mass is 35.5. The first-order chi connectivity index (χ1) is 15.8. The molecule has 3 atom stereocenters. The summed E-state index contributed by atoms with van der Waals surface area (Å²) in [6.45, 7) is 4.57. The molecule has 0 radical (unpaired) electrons. The molecule has 2 aliphatic rings. The lowest BCUT2D eigenvalue weighted by Crippen LogP contribution is -2.56. The molecule has 1 fully saturated rings. The van der Waals surface area contributed by atoms with Crippen LogP contribution in [0.25, 0.3) is 22.0 Å². The first-order valence-corrected chi connectivity index (χ1v) is 11.7. The lowest BCUT2D eigenvalue weighted by atomic mass is 9.85. The Balaban J connectivity index is 1.56. The Hall–Kier alpha value is -2.90. The van der Waals surface area contributed by atoms with Gasteiger partial charge in [0.1, 0.15) is 0 Å². The van der Waals surface area contributed by atoms with Crippen LogP contribution >= 0.6 is 11.6 Å². The number of nitrogens with zero attached hydrogens (tertiary/aromatic N) is 4. The highest BCUT2D eigenvalue weighted by Gasteiger charge is 2.42. The van der Waals surface area contributed by atoms with Gasteiger partial charge >= 0.3 is 0 Å². The van der Waals surface area contributed by atoms with E-state index in [4.69, 9.17) is 27.1 Å². The van der Waals surface area contributed by atoms with E-state index in [0.717, 1.165) is 40.4 Å². The predicted molar refractivity (Wildman–Crippen MR) is 130 cm³/mol. The van der Waals surface area contributed by atoms with Gasteiger partial charge in [-0.3, -0.25) is 14.4 Å². The van der Waals surface area contributed by atoms with Crippen LogP contribution in [-0.4, -0.2) is 45.3 Å². The number of guanidine groups is 1. The average molecular weight is 466 g/mol. The Morgan fingerprint density at radius 2 is 1.97 bits per heavy atom. The normalized spacial score (nSPS) is 26.0. The number of nitrogens with two attached hydrogens (primary N) is 1. The molecule has 5 rings (SSSR count). The number of carbonyl (C=O) groups excluding carboxylic acids is 1. The molecule has 2 aromatic carbocycles. The smallest absolute Gasteiger partial charge is 0.232 e. The van der Waals surface area contributed by atoms with Crippen molar-refractivity contribution >= 4 is 34.4 Å². The van der Waals surface area contributed by atoms with E-state index in [1.54, 1.807) is 4.90 Å². The van der Waals surface area contributed by atoms with E-state index in [1.807, 2.05) is 68.2 Å². The van der Waals surface area contributed by atoms with Crippen molar-refractivity contribution in [3.05, 3.63) is 53.2 Å². The molecule has 1 amide bonds. The summed E-state index contributed by atoms with van der Waals surface area (Å²) >= 11 is 7.00. The molecule has 7 nitrogen and oxygen atoms in total. The number of benzene rings is 2. The summed E-state index contributed by atoms with van der Waals surface area (Å²) in [4.78, 5) is 19.8. The van der Waals surface area contributed by atoms with E-state index in [2.05, 4.69) is 5.10 Å². The quantitative estimate of drug-likeness (QED) is 0.627. The molecule has 3 aromatic rings. The second kappa shape index (κ2) is 8.15. The fraction of sp³-hybridized carbons (Fsp3) is 0.400. The zero-order valence-electron chi connectivity index (χ0n) is 19.1. The van der Waals surface area contributed by atoms with Crippen LogP contribution in [0.2, 0.25) is 5.02 Å². The van der Waals surface area contributed by atoms with E-state index < -0.39 is 5.54 Å². The minimum absolute atomic E-state index is 0.0128. The third-order valence-electron chi connectivity index (χ3n) is 6.82. The number of ether oxygens (including phenoxy) is 1. The molecule has 33 heavy (non-hydrogen) atoms. The Morgan fingerprint density at radius 1 is 1.21 bits per heavy atom.